The molecule has 1 aliphatic rings. The molecule has 0 saturated carbocycles. The molecule has 0 amide bonds. The van der Waals surface area contributed by atoms with Crippen LogP contribution in [0.15, 0.2) is 53.9 Å². The zero-order valence-electron chi connectivity index (χ0n) is 17.3. The Kier molecular flexibility index (Phi) is 5.03. The summed E-state index contributed by atoms with van der Waals surface area (Å²) in [6.45, 7) is 8.96. The fourth-order valence-electron chi connectivity index (χ4n) is 4.81. The molecule has 0 radical (unpaired) electrons. The van der Waals surface area contributed by atoms with E-state index in [9.17, 15) is 4.39 Å². The number of hydrogen-bond acceptors (Lipinski definition) is 4. The molecule has 0 unspecified atom stereocenters. The molecule has 0 aliphatic carbocycles. The molecule has 1 fully saturated rings. The minimum Gasteiger partial charge on any atom is -0.315 e. The lowest BCUT2D eigenvalue weighted by Gasteiger charge is -2.47. The maximum atomic E-state index is 13.5. The van der Waals surface area contributed by atoms with Crippen LogP contribution >= 0.6 is 12.6 Å². The molecule has 2 aromatic heterocycles. The molecule has 0 bridgehead atoms. The molecule has 4 nitrogen and oxygen atoms in total. The van der Waals surface area contributed by atoms with Crippen molar-refractivity contribution in [3.8, 4) is 22.5 Å². The summed E-state index contributed by atoms with van der Waals surface area (Å²) < 4.78 is 15.8. The Labute approximate surface area is 177 Å². The zero-order valence-corrected chi connectivity index (χ0v) is 18.2. The number of piperidine rings is 1. The maximum absolute atomic E-state index is 13.5. The van der Waals surface area contributed by atoms with Crippen molar-refractivity contribution < 1.29 is 4.39 Å². The van der Waals surface area contributed by atoms with E-state index in [1.165, 1.54) is 12.1 Å². The summed E-state index contributed by atoms with van der Waals surface area (Å²) in [7, 11) is 0. The number of pyridine rings is 1. The second-order valence-electron chi connectivity index (χ2n) is 9.18. The van der Waals surface area contributed by atoms with E-state index in [1.54, 1.807) is 24.5 Å². The van der Waals surface area contributed by atoms with E-state index >= 15 is 0 Å². The van der Waals surface area contributed by atoms with Gasteiger partial charge in [0.05, 0.1) is 11.4 Å². The Morgan fingerprint density at radius 2 is 1.55 bits per heavy atom. The van der Waals surface area contributed by atoms with Gasteiger partial charge in [0.2, 0.25) is 0 Å². The van der Waals surface area contributed by atoms with Crippen molar-refractivity contribution >= 4 is 12.6 Å². The monoisotopic (exact) mass is 410 g/mol. The number of rotatable bonds is 3. The number of nitrogens with zero attached hydrogens (tertiary/aromatic N) is 3. The van der Waals surface area contributed by atoms with Crippen LogP contribution in [0.25, 0.3) is 22.5 Å². The number of aromatic nitrogens is 3. The molecule has 0 atom stereocenters. The van der Waals surface area contributed by atoms with Gasteiger partial charge in [0.1, 0.15) is 5.82 Å². The molecule has 1 aromatic carbocycles. The SMILES string of the molecule is CC1(C)CC(n2c(S)nc(-c3ccc(F)cc3)c2-c2ccncc2)CC(C)(C)N1. The average molecular weight is 411 g/mol. The summed E-state index contributed by atoms with van der Waals surface area (Å²) in [6.07, 6.45) is 5.49. The van der Waals surface area contributed by atoms with E-state index in [-0.39, 0.29) is 22.9 Å². The third-order valence-corrected chi connectivity index (χ3v) is 5.81. The first-order valence-corrected chi connectivity index (χ1v) is 10.4. The average Bonchev–Trinajstić information content (AvgIpc) is 2.98. The van der Waals surface area contributed by atoms with Gasteiger partial charge in [0, 0.05) is 40.6 Å². The number of nitrogens with one attached hydrogen (secondary N) is 1. The predicted octanol–water partition coefficient (Wildman–Crippen LogP) is 5.52. The van der Waals surface area contributed by atoms with Crippen molar-refractivity contribution in [1.29, 1.82) is 0 Å². The number of imidazole rings is 1. The fourth-order valence-corrected chi connectivity index (χ4v) is 5.18. The quantitative estimate of drug-likeness (QED) is 0.559. The first-order chi connectivity index (χ1) is 13.7. The number of benzene rings is 1. The van der Waals surface area contributed by atoms with Crippen molar-refractivity contribution in [1.82, 2.24) is 19.9 Å². The van der Waals surface area contributed by atoms with Crippen molar-refractivity contribution in [2.24, 2.45) is 0 Å². The lowest BCUT2D eigenvalue weighted by molar-refractivity contribution is 0.129. The van der Waals surface area contributed by atoms with Gasteiger partial charge in [-0.15, -0.1) is 12.6 Å². The van der Waals surface area contributed by atoms with Crippen LogP contribution in [-0.4, -0.2) is 25.6 Å². The second kappa shape index (κ2) is 7.26. The molecular weight excluding hydrogens is 383 g/mol. The van der Waals surface area contributed by atoms with Gasteiger partial charge in [0.15, 0.2) is 5.16 Å². The molecule has 152 valence electrons. The van der Waals surface area contributed by atoms with Gasteiger partial charge in [-0.25, -0.2) is 9.37 Å². The van der Waals surface area contributed by atoms with Crippen molar-refractivity contribution in [3.05, 3.63) is 54.6 Å². The molecule has 1 saturated heterocycles. The summed E-state index contributed by atoms with van der Waals surface area (Å²) in [4.78, 5) is 8.99. The lowest BCUT2D eigenvalue weighted by atomic mass is 9.79. The van der Waals surface area contributed by atoms with Gasteiger partial charge < -0.3 is 9.88 Å². The molecule has 1 aliphatic heterocycles. The van der Waals surface area contributed by atoms with E-state index in [1.807, 2.05) is 12.1 Å². The lowest BCUT2D eigenvalue weighted by Crippen LogP contribution is -2.58. The largest absolute Gasteiger partial charge is 0.315 e. The summed E-state index contributed by atoms with van der Waals surface area (Å²) in [5, 5.41) is 4.42. The standard InChI is InChI=1S/C23H27FN4S/c1-22(2)13-18(14-23(3,4)27-22)28-20(16-9-11-25-12-10-16)19(26-21(28)29)15-5-7-17(24)8-6-15/h5-12,18,27H,13-14H2,1-4H3,(H,26,29). The topological polar surface area (TPSA) is 42.7 Å². The van der Waals surface area contributed by atoms with Gasteiger partial charge >= 0.3 is 0 Å². The predicted molar refractivity (Wildman–Crippen MR) is 118 cm³/mol. The molecule has 29 heavy (non-hydrogen) atoms. The van der Waals surface area contributed by atoms with Crippen LogP contribution in [0.5, 0.6) is 0 Å². The van der Waals surface area contributed by atoms with Gasteiger partial charge in [-0.3, -0.25) is 4.98 Å². The van der Waals surface area contributed by atoms with Crippen LogP contribution in [0.2, 0.25) is 0 Å². The summed E-state index contributed by atoms with van der Waals surface area (Å²) >= 11 is 4.77. The number of halogens is 1. The third-order valence-electron chi connectivity index (χ3n) is 5.50. The van der Waals surface area contributed by atoms with Crippen molar-refractivity contribution in [2.45, 2.75) is 62.8 Å². The van der Waals surface area contributed by atoms with E-state index in [2.05, 4.69) is 42.6 Å². The van der Waals surface area contributed by atoms with Crippen molar-refractivity contribution in [3.63, 3.8) is 0 Å². The van der Waals surface area contributed by atoms with Crippen molar-refractivity contribution in [2.75, 3.05) is 0 Å². The Balaban J connectivity index is 1.91. The highest BCUT2D eigenvalue weighted by atomic mass is 32.1. The van der Waals surface area contributed by atoms with E-state index < -0.39 is 0 Å². The molecule has 3 heterocycles. The Morgan fingerprint density at radius 3 is 2.14 bits per heavy atom. The molecule has 0 spiro atoms. The molecule has 1 N–H and O–H groups in total. The minimum absolute atomic E-state index is 0.0115. The summed E-state index contributed by atoms with van der Waals surface area (Å²) in [6, 6.07) is 10.7. The van der Waals surface area contributed by atoms with Gasteiger partial charge in [-0.2, -0.15) is 0 Å². The number of thiol groups is 1. The highest BCUT2D eigenvalue weighted by Crippen LogP contribution is 2.43. The molecule has 6 heteroatoms. The van der Waals surface area contributed by atoms with E-state index in [0.29, 0.717) is 5.16 Å². The smallest absolute Gasteiger partial charge is 0.166 e. The van der Waals surface area contributed by atoms with E-state index in [0.717, 1.165) is 35.4 Å². The summed E-state index contributed by atoms with van der Waals surface area (Å²) in [5.41, 5.74) is 3.70. The van der Waals surface area contributed by atoms with Crippen LogP contribution in [0.3, 0.4) is 0 Å². The highest BCUT2D eigenvalue weighted by molar-refractivity contribution is 7.80. The molecule has 3 aromatic rings. The maximum Gasteiger partial charge on any atom is 0.166 e. The first-order valence-electron chi connectivity index (χ1n) is 9.92. The van der Waals surface area contributed by atoms with Crippen LogP contribution in [0.4, 0.5) is 4.39 Å². The second-order valence-corrected chi connectivity index (χ2v) is 9.58. The minimum atomic E-state index is -0.258. The normalized spacial score (nSPS) is 18.7. The van der Waals surface area contributed by atoms with Crippen LogP contribution in [-0.2, 0) is 0 Å². The summed E-state index contributed by atoms with van der Waals surface area (Å²) in [5.74, 6) is -0.258. The fraction of sp³-hybridized carbons (Fsp3) is 0.391. The Hall–Kier alpha value is -2.18. The zero-order chi connectivity index (χ0) is 20.8. The number of hydrogen-bond donors (Lipinski definition) is 2. The molecular formula is C23H27FN4S. The first kappa shape index (κ1) is 20.1. The van der Waals surface area contributed by atoms with Gasteiger partial charge in [0.25, 0.3) is 0 Å². The molecule has 4 rings (SSSR count). The Bertz CT molecular complexity index is 993. The van der Waals surface area contributed by atoms with Crippen LogP contribution in [0.1, 0.15) is 46.6 Å². The van der Waals surface area contributed by atoms with E-state index in [4.69, 9.17) is 17.6 Å². The van der Waals surface area contributed by atoms with Gasteiger partial charge in [-0.1, -0.05) is 0 Å². The van der Waals surface area contributed by atoms with Gasteiger partial charge in [-0.05, 0) is 76.9 Å². The Morgan fingerprint density at radius 1 is 0.966 bits per heavy atom. The third kappa shape index (κ3) is 4.09. The highest BCUT2D eigenvalue weighted by Gasteiger charge is 2.40. The van der Waals surface area contributed by atoms with Crippen LogP contribution in [0, 0.1) is 5.82 Å². The van der Waals surface area contributed by atoms with Crippen LogP contribution < -0.4 is 5.32 Å².